The molecule has 5 rings (SSSR count). The van der Waals surface area contributed by atoms with E-state index in [1.807, 2.05) is 12.2 Å². The second-order valence-electron chi connectivity index (χ2n) is 8.19. The Labute approximate surface area is 188 Å². The molecule has 0 unspecified atom stereocenters. The molecule has 0 aliphatic rings. The van der Waals surface area contributed by atoms with Gasteiger partial charge in [-0.2, -0.15) is 0 Å². The Morgan fingerprint density at radius 3 is 1.78 bits per heavy atom. The zero-order valence-corrected chi connectivity index (χ0v) is 18.8. The van der Waals surface area contributed by atoms with Crippen LogP contribution in [0.4, 0.5) is 0 Å². The van der Waals surface area contributed by atoms with Gasteiger partial charge in [-0.05, 0) is 54.5 Å². The number of aromatic amines is 2. The van der Waals surface area contributed by atoms with Crippen molar-refractivity contribution in [1.29, 1.82) is 0 Å². The van der Waals surface area contributed by atoms with Gasteiger partial charge in [0.05, 0.1) is 11.0 Å². The maximum Gasteiger partial charge on any atom is 0.167 e. The summed E-state index contributed by atoms with van der Waals surface area (Å²) in [4.78, 5) is 9.60. The van der Waals surface area contributed by atoms with E-state index in [0.29, 0.717) is 6.61 Å². The lowest BCUT2D eigenvalue weighted by Crippen LogP contribution is -2.27. The molecule has 0 radical (unpaired) electrons. The van der Waals surface area contributed by atoms with E-state index in [4.69, 9.17) is 4.74 Å². The van der Waals surface area contributed by atoms with Crippen LogP contribution in [0.3, 0.4) is 0 Å². The topological polar surface area (TPSA) is 44.0 Å². The van der Waals surface area contributed by atoms with E-state index in [0.717, 1.165) is 58.6 Å². The lowest BCUT2D eigenvalue weighted by atomic mass is 10.0. The number of H-pyrrole nitrogens is 2. The van der Waals surface area contributed by atoms with Crippen molar-refractivity contribution in [1.82, 2.24) is 14.9 Å². The maximum atomic E-state index is 6.49. The van der Waals surface area contributed by atoms with Gasteiger partial charge in [-0.15, -0.1) is 0 Å². The molecular weight excluding hydrogens is 394 g/mol. The van der Waals surface area contributed by atoms with Crippen molar-refractivity contribution in [3.8, 4) is 5.75 Å². The highest BCUT2D eigenvalue weighted by Gasteiger charge is 2.18. The van der Waals surface area contributed by atoms with E-state index in [1.54, 1.807) is 0 Å². The second-order valence-corrected chi connectivity index (χ2v) is 8.19. The lowest BCUT2D eigenvalue weighted by molar-refractivity contribution is 0.225. The predicted molar refractivity (Wildman–Crippen MR) is 139 cm³/mol. The van der Waals surface area contributed by atoms with Crippen LogP contribution >= 0.6 is 0 Å². The molecule has 4 nitrogen and oxygen atoms in total. The monoisotopic (exact) mass is 423 g/mol. The lowest BCUT2D eigenvalue weighted by Gasteiger charge is -2.18. The van der Waals surface area contributed by atoms with Gasteiger partial charge in [-0.3, -0.25) is 0 Å². The van der Waals surface area contributed by atoms with Gasteiger partial charge >= 0.3 is 0 Å². The third kappa shape index (κ3) is 3.28. The molecule has 4 heteroatoms. The minimum atomic E-state index is 0.635. The summed E-state index contributed by atoms with van der Waals surface area (Å²) in [5.74, 6) is 0.886. The molecule has 0 saturated heterocycles. The van der Waals surface area contributed by atoms with Crippen LogP contribution in [0.25, 0.3) is 55.8 Å². The molecule has 0 aliphatic heterocycles. The Morgan fingerprint density at radius 1 is 0.781 bits per heavy atom. The van der Waals surface area contributed by atoms with Crippen molar-refractivity contribution in [2.24, 2.45) is 0 Å². The number of likely N-dealkylation sites (N-methyl/N-ethyl adjacent to an activating group) is 1. The van der Waals surface area contributed by atoms with E-state index in [1.165, 1.54) is 21.5 Å². The molecule has 0 amide bonds. The number of ether oxygens (including phenoxy) is 1. The minimum Gasteiger partial charge on any atom is -0.488 e. The largest absolute Gasteiger partial charge is 0.488 e. The first-order valence-electron chi connectivity index (χ1n) is 11.3. The Balaban J connectivity index is 1.77. The highest BCUT2D eigenvalue weighted by atomic mass is 16.5. The number of rotatable bonds is 8. The number of benzene rings is 3. The Hall–Kier alpha value is -3.50. The Morgan fingerprint density at radius 2 is 1.31 bits per heavy atom. The third-order valence-corrected chi connectivity index (χ3v) is 6.49. The molecular formula is C28H29N3O. The molecule has 0 saturated carbocycles. The van der Waals surface area contributed by atoms with Gasteiger partial charge in [0.1, 0.15) is 6.61 Å². The second kappa shape index (κ2) is 8.21. The first-order valence-corrected chi connectivity index (χ1v) is 11.3. The number of aromatic nitrogens is 2. The summed E-state index contributed by atoms with van der Waals surface area (Å²) in [7, 11) is 0. The van der Waals surface area contributed by atoms with Gasteiger partial charge in [0.15, 0.2) is 5.75 Å². The van der Waals surface area contributed by atoms with Gasteiger partial charge in [-0.1, -0.05) is 51.3 Å². The van der Waals surface area contributed by atoms with Gasteiger partial charge < -0.3 is 19.6 Å². The molecule has 3 aromatic carbocycles. The standard InChI is InChI=1S/C28H29N3O/c1-5-18-9-11-24-20(15-18)22-17-23-21-16-19(6-2)10-12-25(21)30-27(23)28(26(22)29-24)32-14-13-31(7-3)8-4/h5-6,9-12,15-17,29-30H,1-2,7-8,13-14H2,3-4H3. The highest BCUT2D eigenvalue weighted by Crippen LogP contribution is 2.41. The fraction of sp³-hybridized carbons (Fsp3) is 0.214. The number of nitrogens with zero attached hydrogens (tertiary/aromatic N) is 1. The zero-order chi connectivity index (χ0) is 22.2. The first-order chi connectivity index (χ1) is 15.7. The third-order valence-electron chi connectivity index (χ3n) is 6.49. The number of nitrogens with one attached hydrogen (secondary N) is 2. The average Bonchev–Trinajstić information content (AvgIpc) is 3.38. The number of hydrogen-bond acceptors (Lipinski definition) is 2. The van der Waals surface area contributed by atoms with Crippen LogP contribution in [0.1, 0.15) is 25.0 Å². The molecule has 5 aromatic rings. The molecule has 0 bridgehead atoms. The quantitative estimate of drug-likeness (QED) is 0.283. The minimum absolute atomic E-state index is 0.635. The van der Waals surface area contributed by atoms with Crippen molar-refractivity contribution < 1.29 is 4.74 Å². The van der Waals surface area contributed by atoms with Crippen molar-refractivity contribution in [2.75, 3.05) is 26.2 Å². The molecule has 0 spiro atoms. The maximum absolute atomic E-state index is 6.49. The van der Waals surface area contributed by atoms with E-state index in [9.17, 15) is 0 Å². The first kappa shape index (κ1) is 20.4. The van der Waals surface area contributed by atoms with Gasteiger partial charge in [0.2, 0.25) is 0 Å². The number of hydrogen-bond donors (Lipinski definition) is 2. The van der Waals surface area contributed by atoms with Crippen LogP contribution < -0.4 is 4.74 Å². The fourth-order valence-electron chi connectivity index (χ4n) is 4.60. The summed E-state index contributed by atoms with van der Waals surface area (Å²) < 4.78 is 6.49. The molecule has 162 valence electrons. The van der Waals surface area contributed by atoms with Crippen LogP contribution in [0.15, 0.2) is 55.6 Å². The van der Waals surface area contributed by atoms with Crippen molar-refractivity contribution in [2.45, 2.75) is 13.8 Å². The van der Waals surface area contributed by atoms with Crippen molar-refractivity contribution in [3.63, 3.8) is 0 Å². The summed E-state index contributed by atoms with van der Waals surface area (Å²) in [6.07, 6.45) is 3.78. The predicted octanol–water partition coefficient (Wildman–Crippen LogP) is 6.96. The fourth-order valence-corrected chi connectivity index (χ4v) is 4.60. The van der Waals surface area contributed by atoms with Gasteiger partial charge in [0.25, 0.3) is 0 Å². The Bertz CT molecular complexity index is 1370. The zero-order valence-electron chi connectivity index (χ0n) is 18.8. The van der Waals surface area contributed by atoms with Crippen molar-refractivity contribution in [3.05, 3.63) is 66.7 Å². The van der Waals surface area contributed by atoms with Crippen molar-refractivity contribution >= 4 is 55.8 Å². The summed E-state index contributed by atoms with van der Waals surface area (Å²) in [6, 6.07) is 15.1. The van der Waals surface area contributed by atoms with Gasteiger partial charge in [0, 0.05) is 39.1 Å². The molecule has 2 N–H and O–H groups in total. The highest BCUT2D eigenvalue weighted by molar-refractivity contribution is 6.21. The summed E-state index contributed by atoms with van der Waals surface area (Å²) in [5.41, 5.74) is 6.48. The molecule has 0 fully saturated rings. The number of fused-ring (bicyclic) bond motifs is 6. The molecule has 32 heavy (non-hydrogen) atoms. The van der Waals surface area contributed by atoms with Crippen LogP contribution in [-0.4, -0.2) is 41.1 Å². The molecule has 2 heterocycles. The van der Waals surface area contributed by atoms with Gasteiger partial charge in [-0.25, -0.2) is 0 Å². The van der Waals surface area contributed by atoms with Crippen LogP contribution in [-0.2, 0) is 0 Å². The summed E-state index contributed by atoms with van der Waals surface area (Å²) >= 11 is 0. The Kier molecular flexibility index (Phi) is 5.24. The van der Waals surface area contributed by atoms with E-state index >= 15 is 0 Å². The molecule has 0 aliphatic carbocycles. The van der Waals surface area contributed by atoms with E-state index < -0.39 is 0 Å². The molecule has 2 aromatic heterocycles. The van der Waals surface area contributed by atoms with Crippen LogP contribution in [0.5, 0.6) is 5.75 Å². The van der Waals surface area contributed by atoms with Crippen LogP contribution in [0, 0.1) is 0 Å². The summed E-state index contributed by atoms with van der Waals surface area (Å²) in [6.45, 7) is 15.8. The van der Waals surface area contributed by atoms with E-state index in [-0.39, 0.29) is 0 Å². The SMILES string of the molecule is C=Cc1ccc2[nH]c3c(OCCN(CC)CC)c4[nH]c5ccc(C=C)cc5c4cc3c2c1. The van der Waals surface area contributed by atoms with Crippen LogP contribution in [0.2, 0.25) is 0 Å². The normalized spacial score (nSPS) is 11.8. The summed E-state index contributed by atoms with van der Waals surface area (Å²) in [5, 5.41) is 4.70. The van der Waals surface area contributed by atoms with E-state index in [2.05, 4.69) is 84.3 Å². The smallest absolute Gasteiger partial charge is 0.167 e. The molecule has 0 atom stereocenters. The average molecular weight is 424 g/mol.